The van der Waals surface area contributed by atoms with Crippen molar-refractivity contribution in [2.75, 3.05) is 0 Å². The molecule has 0 aromatic heterocycles. The van der Waals surface area contributed by atoms with E-state index in [2.05, 4.69) is 0 Å². The summed E-state index contributed by atoms with van der Waals surface area (Å²) in [5, 5.41) is 0. The lowest BCUT2D eigenvalue weighted by atomic mass is 9.93. The number of carbonyl (C=O) groups excluding carboxylic acids is 1. The van der Waals surface area contributed by atoms with Crippen LogP contribution >= 0.6 is 0 Å². The van der Waals surface area contributed by atoms with Crippen molar-refractivity contribution < 1.29 is 4.79 Å². The smallest absolute Gasteiger partial charge is 0.257 e. The molecule has 0 unspecified atom stereocenters. The average Bonchev–Trinajstić information content (AvgIpc) is 2.38. The largest absolute Gasteiger partial charge is 0.291 e. The van der Waals surface area contributed by atoms with Crippen molar-refractivity contribution in [2.24, 2.45) is 0 Å². The van der Waals surface area contributed by atoms with Gasteiger partial charge in [-0.1, -0.05) is 12.5 Å². The van der Waals surface area contributed by atoms with E-state index in [4.69, 9.17) is 0 Å². The maximum atomic E-state index is 11.8. The number of ketones is 1. The van der Waals surface area contributed by atoms with Gasteiger partial charge in [-0.05, 0) is 25.0 Å². The van der Waals surface area contributed by atoms with Gasteiger partial charge in [-0.15, -0.1) is 0 Å². The van der Waals surface area contributed by atoms with Gasteiger partial charge in [0.2, 0.25) is 0 Å². The maximum absolute atomic E-state index is 11.8. The van der Waals surface area contributed by atoms with Crippen LogP contribution in [0.15, 0.2) is 42.0 Å². The minimum Gasteiger partial charge on any atom is -0.257 e. The lowest BCUT2D eigenvalue weighted by Crippen LogP contribution is -2.00. The first kappa shape index (κ1) is 11.0. The molecule has 0 amide bonds. The molecular weight excluding hydrogens is 196 g/mol. The summed E-state index contributed by atoms with van der Waals surface area (Å²) in [5.74, 6) is 0.110. The molecule has 0 saturated heterocycles. The Kier molecular flexibility index (Phi) is 3.81. The molecule has 0 atom stereocenters. The molecule has 16 heavy (non-hydrogen) atoms. The topological polar surface area (TPSA) is 17.1 Å². The third-order valence-electron chi connectivity index (χ3n) is 3.02. The second-order valence-electron chi connectivity index (χ2n) is 4.28. The van der Waals surface area contributed by atoms with E-state index in [0.717, 1.165) is 5.56 Å². The van der Waals surface area contributed by atoms with Gasteiger partial charge in [0, 0.05) is 36.6 Å². The average molecular weight is 213 g/mol. The molecule has 1 aliphatic carbocycles. The van der Waals surface area contributed by atoms with Crippen molar-refractivity contribution in [1.29, 1.82) is 0 Å². The predicted octanol–water partition coefficient (Wildman–Crippen LogP) is 3.96. The fourth-order valence-electron chi connectivity index (χ4n) is 2.06. The van der Waals surface area contributed by atoms with Crippen molar-refractivity contribution in [1.82, 2.24) is 0 Å². The minimum absolute atomic E-state index is 0.110. The Labute approximate surface area is 97.2 Å². The Hall–Kier alpha value is -1.50. The normalized spacial score (nSPS) is 15.6. The zero-order valence-electron chi connectivity index (χ0n) is 9.49. The van der Waals surface area contributed by atoms with Gasteiger partial charge in [-0.25, -0.2) is 0 Å². The number of allylic oxidation sites excluding steroid dienone is 2. The Balaban J connectivity index is 1.92. The fourth-order valence-corrected chi connectivity index (χ4v) is 2.06. The van der Waals surface area contributed by atoms with Crippen molar-refractivity contribution in [3.63, 3.8) is 0 Å². The summed E-state index contributed by atoms with van der Waals surface area (Å²) in [6, 6.07) is 9.44. The minimum atomic E-state index is 0.110. The van der Waals surface area contributed by atoms with E-state index in [9.17, 15) is 4.79 Å². The fraction of sp³-hybridized carbons (Fsp3) is 0.333. The number of carbonyl (C=O) groups is 1. The number of hydrogen-bond donors (Lipinski definition) is 0. The monoisotopic (exact) mass is 213 g/mol. The number of rotatable bonds is 3. The first-order chi connectivity index (χ1) is 7.86. The number of benzene rings is 1. The van der Waals surface area contributed by atoms with E-state index in [1.165, 1.54) is 37.7 Å². The van der Waals surface area contributed by atoms with Crippen molar-refractivity contribution in [3.8, 4) is 0 Å². The number of hydrogen-bond acceptors (Lipinski definition) is 1. The van der Waals surface area contributed by atoms with Crippen molar-refractivity contribution in [2.45, 2.75) is 32.1 Å². The second-order valence-corrected chi connectivity index (χ2v) is 4.28. The van der Waals surface area contributed by atoms with E-state index in [-0.39, 0.29) is 5.78 Å². The van der Waals surface area contributed by atoms with Crippen LogP contribution < -0.4 is 0 Å². The highest BCUT2D eigenvalue weighted by Gasteiger charge is 2.14. The summed E-state index contributed by atoms with van der Waals surface area (Å²) in [7, 11) is 0. The summed E-state index contributed by atoms with van der Waals surface area (Å²) >= 11 is 0. The van der Waals surface area contributed by atoms with E-state index >= 15 is 0 Å². The first-order valence-electron chi connectivity index (χ1n) is 5.98. The summed E-state index contributed by atoms with van der Waals surface area (Å²) < 4.78 is 0. The maximum Gasteiger partial charge on any atom is 0.291 e. The van der Waals surface area contributed by atoms with Gasteiger partial charge in [0.15, 0.2) is 0 Å². The van der Waals surface area contributed by atoms with Gasteiger partial charge in [0.25, 0.3) is 5.78 Å². The quantitative estimate of drug-likeness (QED) is 0.548. The van der Waals surface area contributed by atoms with Crippen LogP contribution in [-0.4, -0.2) is 5.78 Å². The molecule has 0 bridgehead atoms. The van der Waals surface area contributed by atoms with Gasteiger partial charge < -0.3 is 0 Å². The molecule has 1 aromatic carbocycles. The molecule has 0 aliphatic heterocycles. The SMILES string of the molecule is O=C([CH+]C=C1CCCCC1)c1ccccc1. The molecule has 82 valence electrons. The molecule has 2 rings (SSSR count). The van der Waals surface area contributed by atoms with Crippen LogP contribution in [0.4, 0.5) is 0 Å². The van der Waals surface area contributed by atoms with Crippen LogP contribution in [0.2, 0.25) is 0 Å². The molecule has 1 aromatic rings. The summed E-state index contributed by atoms with van der Waals surface area (Å²) in [4.78, 5) is 11.8. The zero-order chi connectivity index (χ0) is 11.2. The highest BCUT2D eigenvalue weighted by atomic mass is 16.1. The Morgan fingerprint density at radius 2 is 1.75 bits per heavy atom. The standard InChI is InChI=1S/C15H17O/c16-15(14-9-5-2-6-10-14)12-11-13-7-3-1-4-8-13/h2,5-6,9-12H,1,3-4,7-8H2/q+1. The number of Topliss-reactive ketones (excluding diaryl/α,β-unsaturated/α-hetero) is 1. The third kappa shape index (κ3) is 2.99. The molecular formula is C15H17O+. The summed E-state index contributed by atoms with van der Waals surface area (Å²) in [6.07, 6.45) is 9.96. The first-order valence-corrected chi connectivity index (χ1v) is 5.98. The molecule has 0 spiro atoms. The van der Waals surface area contributed by atoms with Crippen LogP contribution in [-0.2, 0) is 0 Å². The molecule has 1 fully saturated rings. The Morgan fingerprint density at radius 1 is 1.06 bits per heavy atom. The van der Waals surface area contributed by atoms with Crippen molar-refractivity contribution in [3.05, 3.63) is 54.0 Å². The van der Waals surface area contributed by atoms with E-state index < -0.39 is 0 Å². The van der Waals surface area contributed by atoms with Crippen LogP contribution in [0, 0.1) is 6.42 Å². The summed E-state index contributed by atoms with van der Waals surface area (Å²) in [5.41, 5.74) is 2.20. The highest BCUT2D eigenvalue weighted by molar-refractivity contribution is 6.03. The van der Waals surface area contributed by atoms with Gasteiger partial charge in [-0.3, -0.25) is 4.79 Å². The van der Waals surface area contributed by atoms with E-state index in [1.54, 1.807) is 6.42 Å². The lowest BCUT2D eigenvalue weighted by Gasteiger charge is -2.08. The van der Waals surface area contributed by atoms with Gasteiger partial charge in [-0.2, -0.15) is 0 Å². The zero-order valence-corrected chi connectivity index (χ0v) is 9.49. The van der Waals surface area contributed by atoms with Crippen LogP contribution in [0.25, 0.3) is 0 Å². The Bertz CT molecular complexity index is 368. The molecule has 0 heterocycles. The van der Waals surface area contributed by atoms with Crippen LogP contribution in [0.1, 0.15) is 42.5 Å². The molecule has 1 aliphatic rings. The molecule has 1 nitrogen and oxygen atoms in total. The van der Waals surface area contributed by atoms with Gasteiger partial charge in [0.1, 0.15) is 5.56 Å². The van der Waals surface area contributed by atoms with Crippen LogP contribution in [0.5, 0.6) is 0 Å². The predicted molar refractivity (Wildman–Crippen MR) is 66.2 cm³/mol. The molecule has 1 saturated carbocycles. The van der Waals surface area contributed by atoms with Gasteiger partial charge in [0.05, 0.1) is 6.42 Å². The molecule has 1 heteroatoms. The highest BCUT2D eigenvalue weighted by Crippen LogP contribution is 2.23. The summed E-state index contributed by atoms with van der Waals surface area (Å²) in [6.45, 7) is 0. The molecule has 0 N–H and O–H groups in total. The van der Waals surface area contributed by atoms with E-state index in [0.29, 0.717) is 0 Å². The van der Waals surface area contributed by atoms with Crippen molar-refractivity contribution >= 4 is 5.78 Å². The third-order valence-corrected chi connectivity index (χ3v) is 3.02. The van der Waals surface area contributed by atoms with Crippen LogP contribution in [0.3, 0.4) is 0 Å². The van der Waals surface area contributed by atoms with Gasteiger partial charge >= 0.3 is 0 Å². The van der Waals surface area contributed by atoms with E-state index in [1.807, 2.05) is 36.4 Å². The molecule has 0 radical (unpaired) electrons. The second kappa shape index (κ2) is 5.55. The lowest BCUT2D eigenvalue weighted by molar-refractivity contribution is 0.103. The Morgan fingerprint density at radius 3 is 2.44 bits per heavy atom.